The van der Waals surface area contributed by atoms with Gasteiger partial charge in [0, 0.05) is 10.5 Å². The van der Waals surface area contributed by atoms with Gasteiger partial charge in [0.2, 0.25) is 7.29 Å². The van der Waals surface area contributed by atoms with Crippen LogP contribution >= 0.6 is 7.29 Å². The van der Waals surface area contributed by atoms with Gasteiger partial charge < -0.3 is 0 Å². The molecule has 0 saturated carbocycles. The average molecular weight is 367 g/mol. The monoisotopic (exact) mass is 367 g/mol. The Bertz CT molecular complexity index is 815. The highest BCUT2D eigenvalue weighted by atomic mass is 32.2. The van der Waals surface area contributed by atoms with Gasteiger partial charge in [0.05, 0.1) is 0 Å². The van der Waals surface area contributed by atoms with Crippen molar-refractivity contribution >= 4 is 22.7 Å². The van der Waals surface area contributed by atoms with E-state index in [1.54, 1.807) is 75.4 Å². The molecular weight excluding hydrogens is 345 g/mol. The molecule has 2 aromatic rings. The van der Waals surface area contributed by atoms with E-state index in [1.807, 2.05) is 6.07 Å². The Hall–Kier alpha value is -1.46. The van der Waals surface area contributed by atoms with Crippen LogP contribution in [-0.4, -0.2) is 13.6 Å². The first-order valence-electron chi connectivity index (χ1n) is 7.52. The van der Waals surface area contributed by atoms with E-state index in [-0.39, 0.29) is 5.75 Å². The van der Waals surface area contributed by atoms with E-state index in [1.165, 1.54) is 0 Å². The van der Waals surface area contributed by atoms with E-state index in [0.717, 1.165) is 0 Å². The van der Waals surface area contributed by atoms with Gasteiger partial charge in [-0.25, -0.2) is 0 Å². The van der Waals surface area contributed by atoms with Crippen molar-refractivity contribution in [2.75, 3.05) is 0 Å². The second-order valence-electron chi connectivity index (χ2n) is 6.48. The van der Waals surface area contributed by atoms with E-state index >= 15 is 0 Å². The van der Waals surface area contributed by atoms with E-state index in [0.29, 0.717) is 10.9 Å². The lowest BCUT2D eigenvalue weighted by Crippen LogP contribution is -2.34. The van der Waals surface area contributed by atoms with Gasteiger partial charge in [-0.3, -0.25) is 4.57 Å². The predicted molar refractivity (Wildman–Crippen MR) is 96.7 cm³/mol. The van der Waals surface area contributed by atoms with Crippen molar-refractivity contribution in [3.8, 4) is 0 Å². The lowest BCUT2D eigenvalue weighted by atomic mass is 10.2. The van der Waals surface area contributed by atoms with Crippen molar-refractivity contribution in [2.24, 2.45) is 0 Å². The third-order valence-electron chi connectivity index (χ3n) is 3.54. The molecule has 24 heavy (non-hydrogen) atoms. The molecule has 1 unspecified atom stereocenters. The first kappa shape index (κ1) is 18.9. The minimum Gasteiger partial charge on any atom is -0.299 e. The van der Waals surface area contributed by atoms with Crippen molar-refractivity contribution in [3.05, 3.63) is 66.2 Å². The summed E-state index contributed by atoms with van der Waals surface area (Å²) in [5.74, 6) is -0.292. The molecular formula is C17H22NO4PS. The fraction of sp³-hybridized carbons (Fsp3) is 0.294. The second kappa shape index (κ2) is 7.19. The van der Waals surface area contributed by atoms with Crippen molar-refractivity contribution in [3.63, 3.8) is 0 Å². The zero-order valence-electron chi connectivity index (χ0n) is 14.0. The molecule has 0 spiro atoms. The highest BCUT2D eigenvalue weighted by molar-refractivity contribution is 7.86. The molecule has 2 rings (SSSR count). The summed E-state index contributed by atoms with van der Waals surface area (Å²) in [7, 11) is -7.23. The van der Waals surface area contributed by atoms with Gasteiger partial charge in [-0.1, -0.05) is 81.4 Å². The molecule has 0 aromatic heterocycles. The molecule has 0 radical (unpaired) electrons. The first-order valence-corrected chi connectivity index (χ1v) is 10.8. The molecule has 0 aliphatic carbocycles. The Kier molecular flexibility index (Phi) is 5.66. The number of rotatable bonds is 6. The molecule has 0 saturated heterocycles. The molecule has 7 heteroatoms. The Labute approximate surface area is 143 Å². The first-order chi connectivity index (χ1) is 11.1. The Morgan fingerprint density at radius 2 is 1.46 bits per heavy atom. The van der Waals surface area contributed by atoms with Gasteiger partial charge in [-0.15, -0.1) is 5.25 Å². The van der Waals surface area contributed by atoms with Crippen LogP contribution in [0.25, 0.3) is 0 Å². The molecule has 1 N–H and O–H groups in total. The van der Waals surface area contributed by atoms with Gasteiger partial charge in [0.1, 0.15) is 5.75 Å². The maximum atomic E-state index is 13.4. The van der Waals surface area contributed by atoms with Crippen LogP contribution in [0.4, 0.5) is 0 Å². The Morgan fingerprint density at radius 3 is 1.96 bits per heavy atom. The number of hydrogen-bond acceptors (Lipinski definition) is 4. The Morgan fingerprint density at radius 1 is 0.958 bits per heavy atom. The molecule has 0 heterocycles. The third-order valence-corrected chi connectivity index (χ3v) is 7.95. The van der Waals surface area contributed by atoms with Gasteiger partial charge in [-0.2, -0.15) is 12.7 Å². The molecule has 2 aromatic carbocycles. The van der Waals surface area contributed by atoms with E-state index < -0.39 is 22.6 Å². The van der Waals surface area contributed by atoms with Crippen molar-refractivity contribution in [1.82, 2.24) is 5.25 Å². The molecule has 130 valence electrons. The quantitative estimate of drug-likeness (QED) is 0.625. The van der Waals surface area contributed by atoms with Crippen LogP contribution in [0.1, 0.15) is 26.3 Å². The minimum absolute atomic E-state index is 0.292. The summed E-state index contributed by atoms with van der Waals surface area (Å²) in [5.41, 5.74) is 0.601. The van der Waals surface area contributed by atoms with Crippen LogP contribution in [0.15, 0.2) is 60.7 Å². The van der Waals surface area contributed by atoms with Gasteiger partial charge in [0.15, 0.2) is 0 Å². The maximum absolute atomic E-state index is 13.4. The molecule has 0 amide bonds. The number of benzene rings is 2. The average Bonchev–Trinajstić information content (AvgIpc) is 2.53. The van der Waals surface area contributed by atoms with E-state index in [9.17, 15) is 13.0 Å². The van der Waals surface area contributed by atoms with Crippen molar-refractivity contribution in [2.45, 2.75) is 31.7 Å². The smallest absolute Gasteiger partial charge is 0.287 e. The Balaban J connectivity index is 2.21. The van der Waals surface area contributed by atoms with Gasteiger partial charge in [-0.05, 0) is 5.56 Å². The summed E-state index contributed by atoms with van der Waals surface area (Å²) in [5, 5.41) is 2.19. The zero-order valence-corrected chi connectivity index (χ0v) is 15.7. The standard InChI is InChI=1S/C17H22NO4PS/c1-17(2,3)23(19,16-12-8-5-9-13-16)18-22-24(20,21)14-15-10-6-4-7-11-15/h4-13H,14H2,1-3H3,(H,18,19). The maximum Gasteiger partial charge on any atom is 0.287 e. The van der Waals surface area contributed by atoms with Crippen LogP contribution < -0.4 is 10.6 Å². The summed E-state index contributed by atoms with van der Waals surface area (Å²) >= 11 is 0. The minimum atomic E-state index is -3.92. The third kappa shape index (κ3) is 4.54. The second-order valence-corrected chi connectivity index (χ2v) is 11.3. The number of hydrogen-bond donors (Lipinski definition) is 1. The largest absolute Gasteiger partial charge is 0.299 e. The molecule has 0 fully saturated rings. The van der Waals surface area contributed by atoms with Crippen LogP contribution in [0.2, 0.25) is 0 Å². The van der Waals surface area contributed by atoms with Crippen molar-refractivity contribution in [1.29, 1.82) is 0 Å². The molecule has 0 aliphatic heterocycles. The van der Waals surface area contributed by atoms with Gasteiger partial charge in [0.25, 0.3) is 10.1 Å². The zero-order chi connectivity index (χ0) is 17.8. The summed E-state index contributed by atoms with van der Waals surface area (Å²) in [4.78, 5) is 0. The summed E-state index contributed by atoms with van der Waals surface area (Å²) < 4.78 is 42.8. The fourth-order valence-corrected chi connectivity index (χ4v) is 5.41. The van der Waals surface area contributed by atoms with Crippen LogP contribution in [0.5, 0.6) is 0 Å². The predicted octanol–water partition coefficient (Wildman–Crippen LogP) is 3.44. The summed E-state index contributed by atoms with van der Waals surface area (Å²) in [6.45, 7) is 5.34. The lowest BCUT2D eigenvalue weighted by molar-refractivity contribution is 0.269. The molecule has 1 atom stereocenters. The lowest BCUT2D eigenvalue weighted by Gasteiger charge is -2.31. The fourth-order valence-electron chi connectivity index (χ4n) is 2.13. The van der Waals surface area contributed by atoms with E-state index in [2.05, 4.69) is 5.25 Å². The topological polar surface area (TPSA) is 72.5 Å². The number of nitrogens with one attached hydrogen (secondary N) is 1. The highest BCUT2D eigenvalue weighted by Gasteiger charge is 2.39. The van der Waals surface area contributed by atoms with Crippen LogP contribution in [-0.2, 0) is 24.7 Å². The highest BCUT2D eigenvalue weighted by Crippen LogP contribution is 2.53. The van der Waals surface area contributed by atoms with Gasteiger partial charge >= 0.3 is 0 Å². The normalized spacial score (nSPS) is 15.0. The molecule has 0 aliphatic rings. The van der Waals surface area contributed by atoms with Crippen molar-refractivity contribution < 1.29 is 17.3 Å². The summed E-state index contributed by atoms with van der Waals surface area (Å²) in [6.07, 6.45) is 0. The van der Waals surface area contributed by atoms with E-state index in [4.69, 9.17) is 4.28 Å². The molecule has 0 bridgehead atoms. The summed E-state index contributed by atoms with van der Waals surface area (Å²) in [6, 6.07) is 17.4. The molecule has 5 nitrogen and oxygen atoms in total. The van der Waals surface area contributed by atoms with Crippen LogP contribution in [0.3, 0.4) is 0 Å². The van der Waals surface area contributed by atoms with Crippen LogP contribution in [0, 0.1) is 0 Å². The SMILES string of the molecule is CC(C)(C)P(=O)(NOS(=O)(=O)Cc1ccccc1)c1ccccc1.